The number of para-hydroxylation sites is 1. The molecule has 2 aromatic carbocycles. The Hall–Kier alpha value is -2.90. The van der Waals surface area contributed by atoms with Crippen molar-refractivity contribution in [1.82, 2.24) is 9.97 Å². The number of carbonyl (C=O) groups is 1. The second-order valence-corrected chi connectivity index (χ2v) is 10.3. The number of anilines is 1. The Kier molecular flexibility index (Phi) is 6.77. The smallest absolute Gasteiger partial charge is 0.259 e. The van der Waals surface area contributed by atoms with Crippen molar-refractivity contribution in [3.8, 4) is 0 Å². The summed E-state index contributed by atoms with van der Waals surface area (Å²) in [6.45, 7) is 5.81. The lowest BCUT2D eigenvalue weighted by atomic mass is 10.0. The fourth-order valence-electron chi connectivity index (χ4n) is 3.49. The lowest BCUT2D eigenvalue weighted by Crippen LogP contribution is -2.23. The number of benzene rings is 2. The number of aryl methyl sites for hydroxylation is 2. The minimum absolute atomic E-state index is 0.0678. The summed E-state index contributed by atoms with van der Waals surface area (Å²) in [6.07, 6.45) is 0.754. The van der Waals surface area contributed by atoms with E-state index in [1.54, 1.807) is 0 Å². The summed E-state index contributed by atoms with van der Waals surface area (Å²) in [5.41, 5.74) is 3.97. The van der Waals surface area contributed by atoms with Crippen molar-refractivity contribution in [2.75, 3.05) is 5.32 Å². The molecule has 1 unspecified atom stereocenters. The van der Waals surface area contributed by atoms with Crippen LogP contribution in [0.15, 0.2) is 59.4 Å². The first-order valence-corrected chi connectivity index (χ1v) is 12.3. The van der Waals surface area contributed by atoms with E-state index in [1.807, 2.05) is 63.2 Å². The summed E-state index contributed by atoms with van der Waals surface area (Å²) in [7, 11) is 0. The zero-order valence-electron chi connectivity index (χ0n) is 18.3. The van der Waals surface area contributed by atoms with Gasteiger partial charge in [0.25, 0.3) is 5.56 Å². The molecule has 0 spiro atoms. The van der Waals surface area contributed by atoms with Crippen molar-refractivity contribution >= 4 is 44.9 Å². The molecule has 4 aromatic rings. The molecule has 0 radical (unpaired) electrons. The minimum atomic E-state index is -0.299. The number of carbonyl (C=O) groups excluding carboxylic acids is 1. The van der Waals surface area contributed by atoms with Gasteiger partial charge in [-0.15, -0.1) is 23.1 Å². The van der Waals surface area contributed by atoms with Gasteiger partial charge in [-0.05, 0) is 49.9 Å². The Morgan fingerprint density at radius 3 is 2.62 bits per heavy atom. The van der Waals surface area contributed by atoms with Crippen LogP contribution in [0.2, 0.25) is 0 Å². The standard InChI is InChI=1S/C25H25N3O2S2/c1-15-16(2)32-25-22(15)24(30)27-21(28-25)14-31-17(3)23(29)26-20-12-8-7-11-19(20)13-18-9-5-4-6-10-18/h4-12,17H,13-14H2,1-3H3,(H,26,29)(H,27,28,30). The SMILES string of the molecule is Cc1sc2nc(CSC(C)C(=O)Nc3ccccc3Cc3ccccc3)[nH]c(=O)c2c1C. The first-order valence-electron chi connectivity index (χ1n) is 10.5. The lowest BCUT2D eigenvalue weighted by molar-refractivity contribution is -0.115. The van der Waals surface area contributed by atoms with Gasteiger partial charge < -0.3 is 10.3 Å². The number of nitrogens with one attached hydrogen (secondary N) is 2. The molecule has 4 rings (SSSR count). The van der Waals surface area contributed by atoms with Gasteiger partial charge in [0.15, 0.2) is 0 Å². The van der Waals surface area contributed by atoms with Crippen LogP contribution >= 0.6 is 23.1 Å². The summed E-state index contributed by atoms with van der Waals surface area (Å²) in [4.78, 5) is 34.6. The van der Waals surface area contributed by atoms with Crippen LogP contribution in [0.3, 0.4) is 0 Å². The second-order valence-electron chi connectivity index (χ2n) is 7.74. The van der Waals surface area contributed by atoms with Crippen molar-refractivity contribution < 1.29 is 4.79 Å². The van der Waals surface area contributed by atoms with Gasteiger partial charge in [0, 0.05) is 10.6 Å². The fourth-order valence-corrected chi connectivity index (χ4v) is 5.30. The molecule has 1 atom stereocenters. The molecule has 0 saturated heterocycles. The van der Waals surface area contributed by atoms with Gasteiger partial charge in [-0.25, -0.2) is 4.98 Å². The van der Waals surface area contributed by atoms with Crippen LogP contribution in [0, 0.1) is 13.8 Å². The Morgan fingerprint density at radius 1 is 1.12 bits per heavy atom. The molecular weight excluding hydrogens is 438 g/mol. The molecule has 0 aliphatic rings. The van der Waals surface area contributed by atoms with Crippen molar-refractivity contribution in [3.05, 3.63) is 92.3 Å². The highest BCUT2D eigenvalue weighted by Gasteiger charge is 2.17. The highest BCUT2D eigenvalue weighted by molar-refractivity contribution is 7.99. The van der Waals surface area contributed by atoms with E-state index in [2.05, 4.69) is 27.4 Å². The largest absolute Gasteiger partial charge is 0.325 e. The number of fused-ring (bicyclic) bond motifs is 1. The van der Waals surface area contributed by atoms with E-state index in [9.17, 15) is 9.59 Å². The highest BCUT2D eigenvalue weighted by Crippen LogP contribution is 2.27. The molecule has 0 aliphatic heterocycles. The zero-order valence-corrected chi connectivity index (χ0v) is 19.9. The van der Waals surface area contributed by atoms with E-state index in [0.717, 1.165) is 32.9 Å². The molecule has 0 saturated carbocycles. The fraction of sp³-hybridized carbons (Fsp3) is 0.240. The summed E-state index contributed by atoms with van der Waals surface area (Å²) in [5, 5.41) is 3.44. The number of hydrogen-bond donors (Lipinski definition) is 2. The van der Waals surface area contributed by atoms with E-state index in [-0.39, 0.29) is 16.7 Å². The monoisotopic (exact) mass is 463 g/mol. The van der Waals surface area contributed by atoms with Gasteiger partial charge in [-0.2, -0.15) is 0 Å². The lowest BCUT2D eigenvalue weighted by Gasteiger charge is -2.15. The molecule has 2 aromatic heterocycles. The van der Waals surface area contributed by atoms with E-state index in [4.69, 9.17) is 0 Å². The highest BCUT2D eigenvalue weighted by atomic mass is 32.2. The van der Waals surface area contributed by atoms with Crippen molar-refractivity contribution in [2.24, 2.45) is 0 Å². The van der Waals surface area contributed by atoms with Crippen molar-refractivity contribution in [3.63, 3.8) is 0 Å². The quantitative estimate of drug-likeness (QED) is 0.382. The molecule has 7 heteroatoms. The third-order valence-electron chi connectivity index (χ3n) is 5.44. The normalized spacial score (nSPS) is 12.1. The van der Waals surface area contributed by atoms with Crippen LogP contribution in [0.1, 0.15) is 34.3 Å². The third kappa shape index (κ3) is 4.95. The van der Waals surface area contributed by atoms with E-state index < -0.39 is 0 Å². The number of amides is 1. The maximum atomic E-state index is 12.8. The number of thiophene rings is 1. The summed E-state index contributed by atoms with van der Waals surface area (Å²) in [6, 6.07) is 18.1. The minimum Gasteiger partial charge on any atom is -0.325 e. The summed E-state index contributed by atoms with van der Waals surface area (Å²) < 4.78 is 0. The molecule has 164 valence electrons. The maximum absolute atomic E-state index is 12.8. The molecule has 2 N–H and O–H groups in total. The van der Waals surface area contributed by atoms with E-state index >= 15 is 0 Å². The van der Waals surface area contributed by atoms with E-state index in [0.29, 0.717) is 17.0 Å². The first kappa shape index (κ1) is 22.3. The van der Waals surface area contributed by atoms with Gasteiger partial charge in [-0.3, -0.25) is 9.59 Å². The Morgan fingerprint density at radius 2 is 1.84 bits per heavy atom. The van der Waals surface area contributed by atoms with Crippen LogP contribution < -0.4 is 10.9 Å². The molecule has 32 heavy (non-hydrogen) atoms. The number of aromatic amines is 1. The molecule has 0 bridgehead atoms. The van der Waals surface area contributed by atoms with Gasteiger partial charge in [0.05, 0.1) is 16.4 Å². The average molecular weight is 464 g/mol. The van der Waals surface area contributed by atoms with Crippen LogP contribution in [-0.4, -0.2) is 21.1 Å². The number of nitrogens with zero attached hydrogens (tertiary/aromatic N) is 1. The van der Waals surface area contributed by atoms with Crippen molar-refractivity contribution in [2.45, 2.75) is 38.2 Å². The van der Waals surface area contributed by atoms with E-state index in [1.165, 1.54) is 28.7 Å². The van der Waals surface area contributed by atoms with Crippen molar-refractivity contribution in [1.29, 1.82) is 0 Å². The zero-order chi connectivity index (χ0) is 22.7. The second kappa shape index (κ2) is 9.71. The summed E-state index contributed by atoms with van der Waals surface area (Å²) in [5.74, 6) is 0.987. The molecular formula is C25H25N3O2S2. The predicted molar refractivity (Wildman–Crippen MR) is 135 cm³/mol. The van der Waals surface area contributed by atoms with Gasteiger partial charge in [-0.1, -0.05) is 48.5 Å². The first-order chi connectivity index (χ1) is 15.4. The molecule has 0 aliphatic carbocycles. The topological polar surface area (TPSA) is 74.8 Å². The number of H-pyrrole nitrogens is 1. The Labute approximate surface area is 195 Å². The number of thioether (sulfide) groups is 1. The molecule has 0 fully saturated rings. The molecule has 1 amide bonds. The van der Waals surface area contributed by atoms with Gasteiger partial charge in [0.1, 0.15) is 10.7 Å². The van der Waals surface area contributed by atoms with Crippen LogP contribution in [-0.2, 0) is 17.0 Å². The number of rotatable bonds is 7. The molecule has 5 nitrogen and oxygen atoms in total. The average Bonchev–Trinajstić information content (AvgIpc) is 3.07. The van der Waals surface area contributed by atoms with Gasteiger partial charge >= 0.3 is 0 Å². The number of hydrogen-bond acceptors (Lipinski definition) is 5. The van der Waals surface area contributed by atoms with Crippen LogP contribution in [0.5, 0.6) is 0 Å². The Bertz CT molecular complexity index is 1310. The van der Waals surface area contributed by atoms with Gasteiger partial charge in [0.2, 0.25) is 5.91 Å². The maximum Gasteiger partial charge on any atom is 0.259 e. The number of aromatic nitrogens is 2. The third-order valence-corrected chi connectivity index (χ3v) is 7.70. The Balaban J connectivity index is 1.42. The van der Waals surface area contributed by atoms with Crippen LogP contribution in [0.25, 0.3) is 10.2 Å². The predicted octanol–water partition coefficient (Wildman–Crippen LogP) is 5.45. The summed E-state index contributed by atoms with van der Waals surface area (Å²) >= 11 is 2.99. The van der Waals surface area contributed by atoms with Crippen LogP contribution in [0.4, 0.5) is 5.69 Å². The molecule has 2 heterocycles.